The van der Waals surface area contributed by atoms with Crippen molar-refractivity contribution in [1.82, 2.24) is 5.32 Å². The molecule has 0 spiro atoms. The second-order valence-electron chi connectivity index (χ2n) is 6.58. The summed E-state index contributed by atoms with van der Waals surface area (Å²) < 4.78 is 5.79. The number of amides is 2. The number of rotatable bonds is 8. The molecule has 146 valence electrons. The topological polar surface area (TPSA) is 74.1 Å². The van der Waals surface area contributed by atoms with E-state index in [0.717, 1.165) is 23.3 Å². The molecule has 0 aliphatic rings. The van der Waals surface area contributed by atoms with Crippen molar-refractivity contribution in [3.05, 3.63) is 95.6 Å². The number of hydrogen-bond acceptors (Lipinski definition) is 3. The van der Waals surface area contributed by atoms with Crippen molar-refractivity contribution in [2.24, 2.45) is 0 Å². The third kappa shape index (κ3) is 6.71. The van der Waals surface area contributed by atoms with E-state index in [2.05, 4.69) is 16.7 Å². The van der Waals surface area contributed by atoms with Crippen molar-refractivity contribution in [1.29, 1.82) is 5.26 Å². The summed E-state index contributed by atoms with van der Waals surface area (Å²) in [5.74, 6) is 0.740. The van der Waals surface area contributed by atoms with E-state index in [0.29, 0.717) is 25.3 Å². The molecule has 0 unspecified atom stereocenters. The number of nitrogens with zero attached hydrogens (tertiary/aromatic N) is 1. The Morgan fingerprint density at radius 2 is 1.66 bits per heavy atom. The fourth-order valence-corrected chi connectivity index (χ4v) is 2.84. The van der Waals surface area contributed by atoms with Gasteiger partial charge in [-0.1, -0.05) is 54.6 Å². The average Bonchev–Trinajstić information content (AvgIpc) is 2.74. The third-order valence-electron chi connectivity index (χ3n) is 4.34. The number of hydrogen-bond donors (Lipinski definition) is 2. The molecule has 0 fully saturated rings. The molecule has 0 aromatic heterocycles. The molecule has 2 amide bonds. The lowest BCUT2D eigenvalue weighted by atomic mass is 10.1. The first-order valence-electron chi connectivity index (χ1n) is 9.49. The monoisotopic (exact) mass is 385 g/mol. The quantitative estimate of drug-likeness (QED) is 0.590. The van der Waals surface area contributed by atoms with Crippen molar-refractivity contribution < 1.29 is 9.53 Å². The molecule has 0 aliphatic carbocycles. The maximum Gasteiger partial charge on any atom is 0.319 e. The lowest BCUT2D eigenvalue weighted by Gasteiger charge is -2.10. The zero-order valence-corrected chi connectivity index (χ0v) is 16.1. The zero-order chi connectivity index (χ0) is 20.3. The molecule has 0 saturated carbocycles. The van der Waals surface area contributed by atoms with Gasteiger partial charge >= 0.3 is 6.03 Å². The minimum atomic E-state index is -0.230. The van der Waals surface area contributed by atoms with E-state index < -0.39 is 0 Å². The fraction of sp³-hybridized carbons (Fsp3) is 0.167. The van der Waals surface area contributed by atoms with E-state index in [1.807, 2.05) is 78.9 Å². The average molecular weight is 385 g/mol. The minimum Gasteiger partial charge on any atom is -0.489 e. The highest BCUT2D eigenvalue weighted by molar-refractivity contribution is 5.89. The molecule has 29 heavy (non-hydrogen) atoms. The van der Waals surface area contributed by atoms with E-state index in [1.165, 1.54) is 5.56 Å². The molecule has 0 bridgehead atoms. The normalized spacial score (nSPS) is 10.0. The summed E-state index contributed by atoms with van der Waals surface area (Å²) in [6.07, 6.45) is 1.18. The standard InChI is InChI=1S/C24H23N3O2/c25-15-13-20-9-11-23(12-10-20)29-18-21-7-4-8-22(17-21)27-24(28)26-16-14-19-5-2-1-3-6-19/h1-12,17H,13-14,16,18H2,(H2,26,27,28). The molecular formula is C24H23N3O2. The maximum absolute atomic E-state index is 12.1. The smallest absolute Gasteiger partial charge is 0.319 e. The van der Waals surface area contributed by atoms with Gasteiger partial charge in [0.05, 0.1) is 12.5 Å². The molecule has 5 nitrogen and oxygen atoms in total. The van der Waals surface area contributed by atoms with Crippen molar-refractivity contribution >= 4 is 11.7 Å². The van der Waals surface area contributed by atoms with Crippen LogP contribution in [0.25, 0.3) is 0 Å². The van der Waals surface area contributed by atoms with Crippen LogP contribution in [-0.4, -0.2) is 12.6 Å². The number of nitrogens with one attached hydrogen (secondary N) is 2. The molecule has 2 N–H and O–H groups in total. The van der Waals surface area contributed by atoms with Gasteiger partial charge in [-0.25, -0.2) is 4.79 Å². The summed E-state index contributed by atoms with van der Waals surface area (Å²) >= 11 is 0. The second-order valence-corrected chi connectivity index (χ2v) is 6.58. The number of carbonyl (C=O) groups is 1. The lowest BCUT2D eigenvalue weighted by molar-refractivity contribution is 0.252. The van der Waals surface area contributed by atoms with Crippen molar-refractivity contribution in [3.8, 4) is 11.8 Å². The highest BCUT2D eigenvalue weighted by atomic mass is 16.5. The van der Waals surface area contributed by atoms with Crippen LogP contribution >= 0.6 is 0 Å². The summed E-state index contributed by atoms with van der Waals surface area (Å²) in [5, 5.41) is 14.4. The number of urea groups is 1. The van der Waals surface area contributed by atoms with E-state index in [-0.39, 0.29) is 6.03 Å². The van der Waals surface area contributed by atoms with Crippen LogP contribution in [0.2, 0.25) is 0 Å². The molecule has 0 aliphatic heterocycles. The van der Waals surface area contributed by atoms with Gasteiger partial charge in [0.2, 0.25) is 0 Å². The minimum absolute atomic E-state index is 0.230. The van der Waals surface area contributed by atoms with E-state index >= 15 is 0 Å². The molecule has 0 atom stereocenters. The predicted molar refractivity (Wildman–Crippen MR) is 114 cm³/mol. The van der Waals surface area contributed by atoms with Gasteiger partial charge in [-0.2, -0.15) is 5.26 Å². The Labute approximate surface area is 171 Å². The molecular weight excluding hydrogens is 362 g/mol. The third-order valence-corrected chi connectivity index (χ3v) is 4.34. The van der Waals surface area contributed by atoms with E-state index in [1.54, 1.807) is 0 Å². The summed E-state index contributed by atoms with van der Waals surface area (Å²) in [4.78, 5) is 12.1. The van der Waals surface area contributed by atoms with Crippen molar-refractivity contribution in [2.45, 2.75) is 19.4 Å². The first-order valence-corrected chi connectivity index (χ1v) is 9.49. The Kier molecular flexibility index (Phi) is 7.25. The number of ether oxygens (including phenoxy) is 1. The van der Waals surface area contributed by atoms with Gasteiger partial charge in [0, 0.05) is 12.2 Å². The highest BCUT2D eigenvalue weighted by Crippen LogP contribution is 2.16. The SMILES string of the molecule is N#CCc1ccc(OCc2cccc(NC(=O)NCCc3ccccc3)c2)cc1. The highest BCUT2D eigenvalue weighted by Gasteiger charge is 2.03. The van der Waals surface area contributed by atoms with Crippen LogP contribution in [0, 0.1) is 11.3 Å². The summed E-state index contributed by atoms with van der Waals surface area (Å²) in [7, 11) is 0. The molecule has 3 aromatic carbocycles. The Hall–Kier alpha value is -3.78. The number of benzene rings is 3. The van der Waals surface area contributed by atoms with E-state index in [9.17, 15) is 4.79 Å². The van der Waals surface area contributed by atoms with E-state index in [4.69, 9.17) is 10.00 Å². The van der Waals surface area contributed by atoms with Crippen molar-refractivity contribution in [2.75, 3.05) is 11.9 Å². The molecule has 0 saturated heterocycles. The zero-order valence-electron chi connectivity index (χ0n) is 16.1. The Bertz CT molecular complexity index is 963. The molecule has 3 aromatic rings. The van der Waals surface area contributed by atoms with Crippen LogP contribution < -0.4 is 15.4 Å². The number of carbonyl (C=O) groups excluding carboxylic acids is 1. The predicted octanol–water partition coefficient (Wildman–Crippen LogP) is 4.70. The Balaban J connectivity index is 1.46. The summed E-state index contributed by atoms with van der Waals surface area (Å²) in [5.41, 5.74) is 3.82. The summed E-state index contributed by atoms with van der Waals surface area (Å²) in [6.45, 7) is 0.961. The molecule has 3 rings (SSSR count). The van der Waals surface area contributed by atoms with Crippen molar-refractivity contribution in [3.63, 3.8) is 0 Å². The Morgan fingerprint density at radius 3 is 2.41 bits per heavy atom. The van der Waals surface area contributed by atoms with Gasteiger partial charge in [0.1, 0.15) is 12.4 Å². The molecule has 5 heteroatoms. The van der Waals surface area contributed by atoms with Crippen LogP contribution in [0.15, 0.2) is 78.9 Å². The van der Waals surface area contributed by atoms with Gasteiger partial charge in [-0.05, 0) is 47.4 Å². The van der Waals surface area contributed by atoms with Gasteiger partial charge in [0.15, 0.2) is 0 Å². The molecule has 0 radical (unpaired) electrons. The van der Waals surface area contributed by atoms with Gasteiger partial charge in [-0.15, -0.1) is 0 Å². The van der Waals surface area contributed by atoms with Crippen LogP contribution in [-0.2, 0) is 19.4 Å². The van der Waals surface area contributed by atoms with Crippen LogP contribution in [0.5, 0.6) is 5.75 Å². The first kappa shape index (κ1) is 20.0. The maximum atomic E-state index is 12.1. The number of nitriles is 1. The van der Waals surface area contributed by atoms with Crippen LogP contribution in [0.4, 0.5) is 10.5 Å². The Morgan fingerprint density at radius 1 is 0.897 bits per heavy atom. The fourth-order valence-electron chi connectivity index (χ4n) is 2.84. The summed E-state index contributed by atoms with van der Waals surface area (Å²) in [6, 6.07) is 27.0. The lowest BCUT2D eigenvalue weighted by Crippen LogP contribution is -2.30. The largest absolute Gasteiger partial charge is 0.489 e. The molecule has 0 heterocycles. The van der Waals surface area contributed by atoms with Crippen LogP contribution in [0.3, 0.4) is 0 Å². The van der Waals surface area contributed by atoms with Gasteiger partial charge in [-0.3, -0.25) is 0 Å². The van der Waals surface area contributed by atoms with Crippen LogP contribution in [0.1, 0.15) is 16.7 Å². The first-order chi connectivity index (χ1) is 14.2. The number of anilines is 1. The second kappa shape index (κ2) is 10.5. The van der Waals surface area contributed by atoms with Gasteiger partial charge in [0.25, 0.3) is 0 Å². The van der Waals surface area contributed by atoms with Gasteiger partial charge < -0.3 is 15.4 Å².